The molecule has 0 aliphatic carbocycles. The summed E-state index contributed by atoms with van der Waals surface area (Å²) in [4.78, 5) is 51.5. The van der Waals surface area contributed by atoms with E-state index < -0.39 is 5.41 Å². The molecule has 4 rings (SSSR count). The van der Waals surface area contributed by atoms with Crippen LogP contribution in [-0.4, -0.2) is 79.4 Å². The second kappa shape index (κ2) is 13.9. The fourth-order valence-corrected chi connectivity index (χ4v) is 5.77. The van der Waals surface area contributed by atoms with Crippen molar-refractivity contribution in [3.63, 3.8) is 0 Å². The Balaban J connectivity index is 1.36. The first kappa shape index (κ1) is 31.2. The quantitative estimate of drug-likeness (QED) is 0.215. The molecule has 224 valence electrons. The van der Waals surface area contributed by atoms with Gasteiger partial charge in [0.05, 0.1) is 24.4 Å². The highest BCUT2D eigenvalue weighted by molar-refractivity contribution is 7.10. The number of nitrogens with zero attached hydrogens (tertiary/aromatic N) is 5. The molecule has 10 heteroatoms. The van der Waals surface area contributed by atoms with Crippen LogP contribution in [0, 0.1) is 5.41 Å². The molecule has 0 unspecified atom stereocenters. The fraction of sp³-hybridized carbons (Fsp3) is 0.438. The zero-order valence-corrected chi connectivity index (χ0v) is 26.0. The van der Waals surface area contributed by atoms with Gasteiger partial charge in [-0.05, 0) is 68.5 Å². The van der Waals surface area contributed by atoms with Gasteiger partial charge in [0.2, 0.25) is 17.7 Å². The predicted molar refractivity (Wildman–Crippen MR) is 167 cm³/mol. The van der Waals surface area contributed by atoms with Crippen LogP contribution in [0.2, 0.25) is 0 Å². The number of amides is 3. The summed E-state index contributed by atoms with van der Waals surface area (Å²) in [7, 11) is 3.57. The van der Waals surface area contributed by atoms with Gasteiger partial charge in [-0.1, -0.05) is 6.07 Å². The van der Waals surface area contributed by atoms with Gasteiger partial charge in [-0.3, -0.25) is 24.3 Å². The summed E-state index contributed by atoms with van der Waals surface area (Å²) >= 11 is 1.60. The standard InChI is InChI=1S/C32H41N5O4S/c1-6-37-27-11-10-25(21-28(27)35(5)30(39)32(2,3)31(37)40)41-19-8-16-36(23-24-12-14-33-15-13-24)18-17-34(4)29(38)22-26-9-7-20-42-26/h7,9-15,20-21H,6,8,16-19,22-23H2,1-5H3. The maximum atomic E-state index is 13.1. The third kappa shape index (κ3) is 7.35. The molecule has 0 spiro atoms. The Morgan fingerprint density at radius 2 is 1.79 bits per heavy atom. The van der Waals surface area contributed by atoms with Crippen molar-refractivity contribution in [1.82, 2.24) is 14.8 Å². The number of fused-ring (bicyclic) bond motifs is 1. The van der Waals surface area contributed by atoms with E-state index in [2.05, 4.69) is 9.88 Å². The van der Waals surface area contributed by atoms with E-state index in [4.69, 9.17) is 4.74 Å². The van der Waals surface area contributed by atoms with Crippen LogP contribution in [0.3, 0.4) is 0 Å². The third-order valence-electron chi connectivity index (χ3n) is 7.66. The lowest BCUT2D eigenvalue weighted by Gasteiger charge is -2.27. The molecule has 3 heterocycles. The van der Waals surface area contributed by atoms with Crippen molar-refractivity contribution < 1.29 is 19.1 Å². The van der Waals surface area contributed by atoms with Crippen LogP contribution in [0.25, 0.3) is 0 Å². The summed E-state index contributed by atoms with van der Waals surface area (Å²) in [6, 6.07) is 13.5. The first-order valence-electron chi connectivity index (χ1n) is 14.4. The first-order valence-corrected chi connectivity index (χ1v) is 15.2. The van der Waals surface area contributed by atoms with Crippen LogP contribution in [0.15, 0.2) is 60.2 Å². The zero-order chi connectivity index (χ0) is 30.3. The maximum absolute atomic E-state index is 13.1. The summed E-state index contributed by atoms with van der Waals surface area (Å²) in [6.07, 6.45) is 4.79. The largest absolute Gasteiger partial charge is 0.493 e. The highest BCUT2D eigenvalue weighted by Gasteiger charge is 2.45. The summed E-state index contributed by atoms with van der Waals surface area (Å²) in [5.41, 5.74) is 1.38. The number of likely N-dealkylation sites (N-methyl/N-ethyl adjacent to an activating group) is 1. The van der Waals surface area contributed by atoms with Gasteiger partial charge in [0.25, 0.3) is 0 Å². The highest BCUT2D eigenvalue weighted by atomic mass is 32.1. The number of hydrogen-bond acceptors (Lipinski definition) is 7. The van der Waals surface area contributed by atoms with Gasteiger partial charge >= 0.3 is 0 Å². The van der Waals surface area contributed by atoms with E-state index in [0.29, 0.717) is 43.2 Å². The Morgan fingerprint density at radius 1 is 1.02 bits per heavy atom. The van der Waals surface area contributed by atoms with Gasteiger partial charge in [0.15, 0.2) is 0 Å². The van der Waals surface area contributed by atoms with Gasteiger partial charge in [-0.2, -0.15) is 0 Å². The number of carbonyl (C=O) groups excluding carboxylic acids is 3. The molecular weight excluding hydrogens is 550 g/mol. The van der Waals surface area contributed by atoms with E-state index in [0.717, 1.165) is 36.5 Å². The molecule has 42 heavy (non-hydrogen) atoms. The number of pyridine rings is 1. The number of ether oxygens (including phenoxy) is 1. The molecule has 3 amide bonds. The fourth-order valence-electron chi connectivity index (χ4n) is 5.08. The Kier molecular flexibility index (Phi) is 10.3. The average molecular weight is 592 g/mol. The Bertz CT molecular complexity index is 1360. The van der Waals surface area contributed by atoms with Crippen LogP contribution in [0.5, 0.6) is 5.75 Å². The number of aromatic nitrogens is 1. The van der Waals surface area contributed by atoms with Gasteiger partial charge in [0, 0.05) is 70.2 Å². The predicted octanol–water partition coefficient (Wildman–Crippen LogP) is 4.47. The van der Waals surface area contributed by atoms with E-state index >= 15 is 0 Å². The van der Waals surface area contributed by atoms with Crippen molar-refractivity contribution in [3.8, 4) is 5.75 Å². The topological polar surface area (TPSA) is 86.3 Å². The van der Waals surface area contributed by atoms with Crippen LogP contribution in [0.4, 0.5) is 11.4 Å². The van der Waals surface area contributed by atoms with Gasteiger partial charge < -0.3 is 19.4 Å². The lowest BCUT2D eigenvalue weighted by molar-refractivity contribution is -0.137. The van der Waals surface area contributed by atoms with Crippen LogP contribution in [-0.2, 0) is 27.3 Å². The first-order chi connectivity index (χ1) is 20.1. The van der Waals surface area contributed by atoms with E-state index in [1.54, 1.807) is 59.3 Å². The molecule has 3 aromatic rings. The molecule has 1 aromatic carbocycles. The minimum atomic E-state index is -1.15. The molecule has 0 fully saturated rings. The third-order valence-corrected chi connectivity index (χ3v) is 8.54. The highest BCUT2D eigenvalue weighted by Crippen LogP contribution is 2.40. The van der Waals surface area contributed by atoms with Gasteiger partial charge in [-0.15, -0.1) is 11.3 Å². The molecule has 0 N–H and O–H groups in total. The number of benzene rings is 1. The Hall–Kier alpha value is -3.76. The van der Waals surface area contributed by atoms with Gasteiger partial charge in [0.1, 0.15) is 11.2 Å². The summed E-state index contributed by atoms with van der Waals surface area (Å²) in [5.74, 6) is 0.314. The molecule has 0 saturated heterocycles. The van der Waals surface area contributed by atoms with E-state index in [1.165, 1.54) is 0 Å². The number of hydrogen-bond donors (Lipinski definition) is 0. The van der Waals surface area contributed by atoms with Crippen molar-refractivity contribution >= 4 is 40.4 Å². The molecule has 1 aliphatic rings. The minimum absolute atomic E-state index is 0.114. The molecule has 2 aromatic heterocycles. The molecule has 0 atom stereocenters. The van der Waals surface area contributed by atoms with E-state index in [9.17, 15) is 14.4 Å². The second-order valence-electron chi connectivity index (χ2n) is 11.1. The molecule has 1 aliphatic heterocycles. The van der Waals surface area contributed by atoms with Gasteiger partial charge in [-0.25, -0.2) is 0 Å². The second-order valence-corrected chi connectivity index (χ2v) is 12.1. The lowest BCUT2D eigenvalue weighted by Crippen LogP contribution is -2.47. The lowest BCUT2D eigenvalue weighted by atomic mass is 9.90. The molecular formula is C32H41N5O4S. The van der Waals surface area contributed by atoms with Crippen molar-refractivity contribution in [3.05, 3.63) is 70.7 Å². The minimum Gasteiger partial charge on any atom is -0.493 e. The van der Waals surface area contributed by atoms with E-state index in [-0.39, 0.29) is 17.7 Å². The SMILES string of the molecule is CCN1C(=O)C(C)(C)C(=O)N(C)c2cc(OCCCN(CCN(C)C(=O)Cc3cccs3)Cc3ccncc3)ccc21. The van der Waals surface area contributed by atoms with Crippen LogP contribution in [0.1, 0.15) is 37.6 Å². The van der Waals surface area contributed by atoms with E-state index in [1.807, 2.05) is 61.8 Å². The number of thiophene rings is 1. The number of rotatable bonds is 13. The van der Waals surface area contributed by atoms with Crippen molar-refractivity contribution in [2.75, 3.05) is 56.7 Å². The monoisotopic (exact) mass is 591 g/mol. The zero-order valence-electron chi connectivity index (χ0n) is 25.2. The smallest absolute Gasteiger partial charge is 0.242 e. The van der Waals surface area contributed by atoms with Crippen molar-refractivity contribution in [1.29, 1.82) is 0 Å². The normalized spacial score (nSPS) is 14.6. The maximum Gasteiger partial charge on any atom is 0.242 e. The molecule has 0 radical (unpaired) electrons. The summed E-state index contributed by atoms with van der Waals surface area (Å²) in [6.45, 7) is 9.11. The summed E-state index contributed by atoms with van der Waals surface area (Å²) in [5, 5.41) is 1.99. The van der Waals surface area contributed by atoms with Crippen LogP contribution < -0.4 is 14.5 Å². The van der Waals surface area contributed by atoms with Crippen LogP contribution >= 0.6 is 11.3 Å². The molecule has 0 saturated carbocycles. The summed E-state index contributed by atoms with van der Waals surface area (Å²) < 4.78 is 6.13. The number of anilines is 2. The Labute approximate surface area is 252 Å². The molecule has 9 nitrogen and oxygen atoms in total. The Morgan fingerprint density at radius 3 is 2.48 bits per heavy atom. The number of carbonyl (C=O) groups is 3. The average Bonchev–Trinajstić information content (AvgIpc) is 3.49. The molecule has 0 bridgehead atoms. The van der Waals surface area contributed by atoms with Crippen molar-refractivity contribution in [2.45, 2.75) is 40.2 Å². The van der Waals surface area contributed by atoms with Crippen molar-refractivity contribution in [2.24, 2.45) is 5.41 Å².